The first-order valence-electron chi connectivity index (χ1n) is 9.57. The molecule has 29 heavy (non-hydrogen) atoms. The minimum atomic E-state index is -0.709. The number of hydrogen-bond acceptors (Lipinski definition) is 7. The number of nitro groups is 1. The molecule has 0 radical (unpaired) electrons. The number of rotatable bonds is 2. The van der Waals surface area contributed by atoms with Crippen molar-refractivity contribution < 1.29 is 24.0 Å². The largest absolute Gasteiger partial charge is 0.448 e. The van der Waals surface area contributed by atoms with Gasteiger partial charge in [0, 0.05) is 30.2 Å². The normalized spacial score (nSPS) is 31.2. The summed E-state index contributed by atoms with van der Waals surface area (Å²) in [7, 11) is 0. The fourth-order valence-electron chi connectivity index (χ4n) is 5.08. The van der Waals surface area contributed by atoms with Crippen LogP contribution in [0.5, 0.6) is 0 Å². The molecule has 2 fully saturated rings. The van der Waals surface area contributed by atoms with Gasteiger partial charge in [0.1, 0.15) is 6.04 Å². The van der Waals surface area contributed by atoms with Gasteiger partial charge in [-0.3, -0.25) is 10.1 Å². The molecule has 0 unspecified atom stereocenters. The van der Waals surface area contributed by atoms with Gasteiger partial charge in [0.2, 0.25) is 0 Å². The van der Waals surface area contributed by atoms with Crippen LogP contribution in [0.15, 0.2) is 29.8 Å². The Bertz CT molecular complexity index is 977. The fourth-order valence-corrected chi connectivity index (χ4v) is 5.08. The molecule has 1 aliphatic carbocycles. The van der Waals surface area contributed by atoms with Gasteiger partial charge in [0.05, 0.1) is 29.7 Å². The molecule has 1 aromatic rings. The van der Waals surface area contributed by atoms with E-state index in [2.05, 4.69) is 5.32 Å². The zero-order valence-electron chi connectivity index (χ0n) is 16.0. The molecule has 2 amide bonds. The van der Waals surface area contributed by atoms with E-state index < -0.39 is 28.7 Å². The third kappa shape index (κ3) is 2.22. The molecule has 152 valence electrons. The summed E-state index contributed by atoms with van der Waals surface area (Å²) in [4.78, 5) is 36.2. The van der Waals surface area contributed by atoms with Crippen molar-refractivity contribution in [2.45, 2.75) is 43.8 Å². The summed E-state index contributed by atoms with van der Waals surface area (Å²) < 4.78 is 10.5. The van der Waals surface area contributed by atoms with Crippen molar-refractivity contribution in [3.8, 4) is 0 Å². The van der Waals surface area contributed by atoms with E-state index in [0.717, 1.165) is 16.8 Å². The first kappa shape index (κ1) is 17.8. The Morgan fingerprint density at radius 2 is 2.28 bits per heavy atom. The number of nitrogens with one attached hydrogen (secondary N) is 1. The van der Waals surface area contributed by atoms with E-state index >= 15 is 0 Å². The van der Waals surface area contributed by atoms with E-state index in [4.69, 9.17) is 9.47 Å². The summed E-state index contributed by atoms with van der Waals surface area (Å²) in [6.45, 7) is 4.06. The maximum atomic E-state index is 12.8. The van der Waals surface area contributed by atoms with E-state index in [1.54, 1.807) is 19.1 Å². The number of ether oxygens (including phenoxy) is 2. The third-order valence-electron chi connectivity index (χ3n) is 6.34. The lowest BCUT2D eigenvalue weighted by Gasteiger charge is -2.41. The minimum Gasteiger partial charge on any atom is -0.448 e. The number of anilines is 1. The molecule has 0 aromatic heterocycles. The topological polar surface area (TPSA) is 114 Å². The molecular weight excluding hydrogens is 380 g/mol. The number of cyclic esters (lactones) is 1. The molecule has 4 aliphatic rings. The number of non-ortho nitro benzene ring substituents is 1. The highest BCUT2D eigenvalue weighted by Crippen LogP contribution is 2.55. The number of hydrazine groups is 1. The molecule has 5 rings (SSSR count). The lowest BCUT2D eigenvalue weighted by Crippen LogP contribution is -2.59. The van der Waals surface area contributed by atoms with Gasteiger partial charge in [-0.1, -0.05) is 6.08 Å². The minimum absolute atomic E-state index is 0.0259. The number of amides is 2. The highest BCUT2D eigenvalue weighted by atomic mass is 16.6. The zero-order chi connectivity index (χ0) is 20.5. The predicted octanol–water partition coefficient (Wildman–Crippen LogP) is 2.77. The molecule has 0 spiro atoms. The zero-order valence-corrected chi connectivity index (χ0v) is 16.0. The van der Waals surface area contributed by atoms with Crippen LogP contribution in [0.3, 0.4) is 0 Å². The van der Waals surface area contributed by atoms with Crippen LogP contribution >= 0.6 is 0 Å². The number of carbonyl (C=O) groups is 2. The van der Waals surface area contributed by atoms with Gasteiger partial charge < -0.3 is 14.8 Å². The van der Waals surface area contributed by atoms with Crippen LogP contribution < -0.4 is 5.32 Å². The number of fused-ring (bicyclic) bond motifs is 7. The average Bonchev–Trinajstić information content (AvgIpc) is 3.28. The van der Waals surface area contributed by atoms with Crippen molar-refractivity contribution in [2.24, 2.45) is 0 Å². The maximum Gasteiger partial charge on any atom is 0.429 e. The summed E-state index contributed by atoms with van der Waals surface area (Å²) in [6.07, 6.45) is 1.39. The number of benzene rings is 1. The summed E-state index contributed by atoms with van der Waals surface area (Å²) >= 11 is 0. The highest BCUT2D eigenvalue weighted by Gasteiger charge is 2.64. The molecule has 3 aliphatic heterocycles. The highest BCUT2D eigenvalue weighted by molar-refractivity contribution is 5.80. The van der Waals surface area contributed by atoms with Gasteiger partial charge in [-0.25, -0.2) is 19.6 Å². The second kappa shape index (κ2) is 5.85. The lowest BCUT2D eigenvalue weighted by molar-refractivity contribution is -0.384. The van der Waals surface area contributed by atoms with E-state index in [0.29, 0.717) is 6.42 Å². The molecule has 10 nitrogen and oxygen atoms in total. The molecule has 1 N–H and O–H groups in total. The SMILES string of the molecule is CCOC(=O)N1[C@H]2C(=C[C@@H]3c4cc([N+](=O)[O-])ccc4N[C@@H]32)[C@@]2(C)CCOC(=O)N12. The average molecular weight is 400 g/mol. The van der Waals surface area contributed by atoms with Gasteiger partial charge in [-0.05, 0) is 31.1 Å². The van der Waals surface area contributed by atoms with Gasteiger partial charge >= 0.3 is 12.2 Å². The first-order chi connectivity index (χ1) is 13.9. The Morgan fingerprint density at radius 1 is 1.48 bits per heavy atom. The second-order valence-corrected chi connectivity index (χ2v) is 7.78. The molecule has 0 bridgehead atoms. The van der Waals surface area contributed by atoms with Gasteiger partial charge in [0.25, 0.3) is 5.69 Å². The molecule has 10 heteroatoms. The predicted molar refractivity (Wildman–Crippen MR) is 100 cm³/mol. The van der Waals surface area contributed by atoms with Crippen LogP contribution in [-0.2, 0) is 9.47 Å². The second-order valence-electron chi connectivity index (χ2n) is 7.78. The molecule has 4 atom stereocenters. The smallest absolute Gasteiger partial charge is 0.429 e. The molecular formula is C19H20N4O6. The Kier molecular flexibility index (Phi) is 3.59. The number of carbonyl (C=O) groups excluding carboxylic acids is 2. The van der Waals surface area contributed by atoms with Crippen molar-refractivity contribution in [1.29, 1.82) is 0 Å². The van der Waals surface area contributed by atoms with E-state index in [1.165, 1.54) is 16.1 Å². The lowest BCUT2D eigenvalue weighted by atomic mass is 9.86. The van der Waals surface area contributed by atoms with Crippen LogP contribution in [-0.4, -0.2) is 58.0 Å². The van der Waals surface area contributed by atoms with Crippen LogP contribution in [0, 0.1) is 10.1 Å². The van der Waals surface area contributed by atoms with Crippen molar-refractivity contribution in [3.05, 3.63) is 45.5 Å². The van der Waals surface area contributed by atoms with E-state index in [1.807, 2.05) is 13.0 Å². The standard InChI is InChI=1S/C19H20N4O6/c1-3-28-17(24)21-16-13(19(2)6-7-29-18(25)22(19)21)9-12-11-8-10(23(26)27)4-5-14(11)20-15(12)16/h4-5,8-9,12,15-16,20H,3,6-7H2,1-2H3/t12-,15+,16+,19-/m1/s1. The maximum absolute atomic E-state index is 12.8. The molecule has 2 saturated heterocycles. The van der Waals surface area contributed by atoms with Gasteiger partial charge in [0.15, 0.2) is 0 Å². The summed E-state index contributed by atoms with van der Waals surface area (Å²) in [5.74, 6) is -0.140. The summed E-state index contributed by atoms with van der Waals surface area (Å²) in [5, 5.41) is 17.3. The Labute approximate surface area is 166 Å². The number of nitro benzene ring substituents is 1. The Balaban J connectivity index is 1.62. The molecule has 3 heterocycles. The van der Waals surface area contributed by atoms with Crippen molar-refractivity contribution in [1.82, 2.24) is 10.0 Å². The van der Waals surface area contributed by atoms with E-state index in [-0.39, 0.29) is 30.9 Å². The molecule has 0 saturated carbocycles. The number of hydrogen-bond donors (Lipinski definition) is 1. The van der Waals surface area contributed by atoms with E-state index in [9.17, 15) is 19.7 Å². The third-order valence-corrected chi connectivity index (χ3v) is 6.34. The van der Waals surface area contributed by atoms with Crippen LogP contribution in [0.4, 0.5) is 21.0 Å². The molecule has 1 aromatic carbocycles. The van der Waals surface area contributed by atoms with Gasteiger partial charge in [-0.15, -0.1) is 0 Å². The monoisotopic (exact) mass is 400 g/mol. The first-order valence-corrected chi connectivity index (χ1v) is 9.57. The van der Waals surface area contributed by atoms with Gasteiger partial charge in [-0.2, -0.15) is 0 Å². The van der Waals surface area contributed by atoms with Crippen molar-refractivity contribution >= 4 is 23.6 Å². The van der Waals surface area contributed by atoms with Crippen LogP contribution in [0.25, 0.3) is 0 Å². The quantitative estimate of drug-likeness (QED) is 0.461. The van der Waals surface area contributed by atoms with Crippen LogP contribution in [0.2, 0.25) is 0 Å². The summed E-state index contributed by atoms with van der Waals surface area (Å²) in [5.41, 5.74) is 1.87. The summed E-state index contributed by atoms with van der Waals surface area (Å²) in [6, 6.07) is 4.03. The number of nitrogens with zero attached hydrogens (tertiary/aromatic N) is 3. The fraction of sp³-hybridized carbons (Fsp3) is 0.474. The Hall–Kier alpha value is -3.30. The van der Waals surface area contributed by atoms with Crippen LogP contribution in [0.1, 0.15) is 31.7 Å². The van der Waals surface area contributed by atoms with Crippen molar-refractivity contribution in [3.63, 3.8) is 0 Å². The Morgan fingerprint density at radius 3 is 3.00 bits per heavy atom. The van der Waals surface area contributed by atoms with Crippen molar-refractivity contribution in [2.75, 3.05) is 18.5 Å².